The van der Waals surface area contributed by atoms with Gasteiger partial charge in [0.05, 0.1) is 22.3 Å². The lowest BCUT2D eigenvalue weighted by molar-refractivity contribution is -0.127. The first-order chi connectivity index (χ1) is 16.2. The monoisotopic (exact) mass is 456 g/mol. The summed E-state index contributed by atoms with van der Waals surface area (Å²) in [6.45, 7) is 1.68. The molecule has 166 valence electrons. The molecule has 0 spiro atoms. The lowest BCUT2D eigenvalue weighted by Crippen LogP contribution is -2.29. The van der Waals surface area contributed by atoms with Crippen molar-refractivity contribution in [3.63, 3.8) is 0 Å². The van der Waals surface area contributed by atoms with Gasteiger partial charge in [0.2, 0.25) is 5.91 Å². The van der Waals surface area contributed by atoms with Gasteiger partial charge in [0.15, 0.2) is 0 Å². The number of carbonyl (C=O) groups excluding carboxylic acids is 2. The minimum absolute atomic E-state index is 0.133. The Morgan fingerprint density at radius 3 is 2.45 bits per heavy atom. The molecule has 1 aliphatic rings. The van der Waals surface area contributed by atoms with Crippen molar-refractivity contribution < 1.29 is 9.59 Å². The molecule has 1 saturated heterocycles. The van der Waals surface area contributed by atoms with E-state index < -0.39 is 0 Å². The lowest BCUT2D eigenvalue weighted by atomic mass is 10.1. The van der Waals surface area contributed by atoms with E-state index in [-0.39, 0.29) is 11.8 Å². The van der Waals surface area contributed by atoms with Crippen molar-refractivity contribution in [2.24, 2.45) is 0 Å². The summed E-state index contributed by atoms with van der Waals surface area (Å²) < 4.78 is 0. The molecule has 7 heteroatoms. The Kier molecular flexibility index (Phi) is 6.13. The number of nitrogens with zero attached hydrogens (tertiary/aromatic N) is 2. The number of nitrogens with one attached hydrogen (secondary N) is 2. The summed E-state index contributed by atoms with van der Waals surface area (Å²) in [6.07, 6.45) is 2.15. The zero-order chi connectivity index (χ0) is 22.6. The van der Waals surface area contributed by atoms with Crippen LogP contribution >= 0.6 is 11.8 Å². The van der Waals surface area contributed by atoms with Crippen molar-refractivity contribution in [1.82, 2.24) is 14.9 Å². The van der Waals surface area contributed by atoms with E-state index in [2.05, 4.69) is 15.3 Å². The van der Waals surface area contributed by atoms with Gasteiger partial charge in [-0.15, -0.1) is 11.8 Å². The van der Waals surface area contributed by atoms with Crippen molar-refractivity contribution >= 4 is 40.3 Å². The van der Waals surface area contributed by atoms with Crippen molar-refractivity contribution in [3.05, 3.63) is 78.4 Å². The fraction of sp³-hybridized carbons (Fsp3) is 0.192. The SMILES string of the molecule is O=C(Nc1ccc(-c2nc3ccccc3[nH]2)cc1)c1ccccc1SCC(=O)N1CCCC1. The molecule has 0 atom stereocenters. The number of carbonyl (C=O) groups is 2. The average molecular weight is 457 g/mol. The van der Waals surface area contributed by atoms with Gasteiger partial charge in [0, 0.05) is 29.2 Å². The minimum atomic E-state index is -0.191. The van der Waals surface area contributed by atoms with Gasteiger partial charge in [-0.25, -0.2) is 4.98 Å². The van der Waals surface area contributed by atoms with Crippen LogP contribution in [-0.4, -0.2) is 45.5 Å². The first-order valence-corrected chi connectivity index (χ1v) is 12.0. The molecule has 0 aliphatic carbocycles. The summed E-state index contributed by atoms with van der Waals surface area (Å²) >= 11 is 1.42. The number of hydrogen-bond acceptors (Lipinski definition) is 4. The van der Waals surface area contributed by atoms with E-state index in [1.807, 2.05) is 71.6 Å². The van der Waals surface area contributed by atoms with Crippen LogP contribution in [0.4, 0.5) is 5.69 Å². The average Bonchev–Trinajstić information content (AvgIpc) is 3.53. The highest BCUT2D eigenvalue weighted by Gasteiger charge is 2.19. The summed E-state index contributed by atoms with van der Waals surface area (Å²) in [6, 6.07) is 22.9. The Balaban J connectivity index is 1.26. The van der Waals surface area contributed by atoms with Gasteiger partial charge < -0.3 is 15.2 Å². The largest absolute Gasteiger partial charge is 0.342 e. The Morgan fingerprint density at radius 1 is 0.939 bits per heavy atom. The fourth-order valence-electron chi connectivity index (χ4n) is 3.98. The van der Waals surface area contributed by atoms with Gasteiger partial charge in [0.25, 0.3) is 5.91 Å². The third-order valence-corrected chi connectivity index (χ3v) is 6.81. The number of benzene rings is 3. The maximum Gasteiger partial charge on any atom is 0.256 e. The smallest absolute Gasteiger partial charge is 0.256 e. The molecule has 4 aromatic rings. The predicted octanol–water partition coefficient (Wildman–Crippen LogP) is 5.20. The van der Waals surface area contributed by atoms with E-state index in [9.17, 15) is 9.59 Å². The molecule has 3 aromatic carbocycles. The van der Waals surface area contributed by atoms with E-state index in [0.717, 1.165) is 53.2 Å². The van der Waals surface area contributed by atoms with E-state index in [1.165, 1.54) is 11.8 Å². The van der Waals surface area contributed by atoms with Crippen LogP contribution in [0.1, 0.15) is 23.2 Å². The number of amides is 2. The summed E-state index contributed by atoms with van der Waals surface area (Å²) in [5.41, 5.74) is 4.12. The van der Waals surface area contributed by atoms with Crippen molar-refractivity contribution in [2.75, 3.05) is 24.2 Å². The molecule has 1 aromatic heterocycles. The highest BCUT2D eigenvalue weighted by Crippen LogP contribution is 2.26. The molecule has 0 unspecified atom stereocenters. The first-order valence-electron chi connectivity index (χ1n) is 11.0. The van der Waals surface area contributed by atoms with E-state index >= 15 is 0 Å². The van der Waals surface area contributed by atoms with Crippen LogP contribution in [0.15, 0.2) is 77.7 Å². The topological polar surface area (TPSA) is 78.1 Å². The highest BCUT2D eigenvalue weighted by atomic mass is 32.2. The number of thioether (sulfide) groups is 1. The molecule has 2 amide bonds. The van der Waals surface area contributed by atoms with Gasteiger partial charge in [0.1, 0.15) is 5.82 Å². The first kappa shape index (κ1) is 21.3. The Hall–Kier alpha value is -3.58. The number of H-pyrrole nitrogens is 1. The van der Waals surface area contributed by atoms with Crippen molar-refractivity contribution in [1.29, 1.82) is 0 Å². The van der Waals surface area contributed by atoms with E-state index in [0.29, 0.717) is 17.0 Å². The lowest BCUT2D eigenvalue weighted by Gasteiger charge is -2.15. The Labute approximate surface area is 196 Å². The molecular formula is C26H24N4O2S. The highest BCUT2D eigenvalue weighted by molar-refractivity contribution is 8.00. The summed E-state index contributed by atoms with van der Waals surface area (Å²) in [7, 11) is 0. The molecule has 6 nitrogen and oxygen atoms in total. The van der Waals surface area contributed by atoms with Crippen LogP contribution in [0.3, 0.4) is 0 Å². The van der Waals surface area contributed by atoms with Gasteiger partial charge in [-0.1, -0.05) is 24.3 Å². The zero-order valence-corrected chi connectivity index (χ0v) is 18.9. The van der Waals surface area contributed by atoms with Gasteiger partial charge in [-0.3, -0.25) is 9.59 Å². The molecule has 5 rings (SSSR count). The number of fused-ring (bicyclic) bond motifs is 1. The Morgan fingerprint density at radius 2 is 1.67 bits per heavy atom. The molecule has 33 heavy (non-hydrogen) atoms. The number of aromatic amines is 1. The second-order valence-corrected chi connectivity index (χ2v) is 9.02. The standard InChI is InChI=1S/C26H24N4O2S/c31-24(30-15-5-6-16-30)17-33-23-10-4-1-7-20(23)26(32)27-19-13-11-18(12-14-19)25-28-21-8-2-3-9-22(21)29-25/h1-4,7-14H,5-6,15-17H2,(H,27,32)(H,28,29). The molecule has 2 heterocycles. The second-order valence-electron chi connectivity index (χ2n) is 8.01. The van der Waals surface area contributed by atoms with Crippen molar-refractivity contribution in [3.8, 4) is 11.4 Å². The minimum Gasteiger partial charge on any atom is -0.342 e. The van der Waals surface area contributed by atoms with Crippen molar-refractivity contribution in [2.45, 2.75) is 17.7 Å². The number of rotatable bonds is 6. The maximum atomic E-state index is 13.0. The predicted molar refractivity (Wildman–Crippen MR) is 132 cm³/mol. The third-order valence-electron chi connectivity index (χ3n) is 5.75. The molecule has 0 saturated carbocycles. The fourth-order valence-corrected chi connectivity index (χ4v) is 4.93. The zero-order valence-electron chi connectivity index (χ0n) is 18.1. The second kappa shape index (κ2) is 9.50. The number of likely N-dealkylation sites (tertiary alicyclic amines) is 1. The summed E-state index contributed by atoms with van der Waals surface area (Å²) in [4.78, 5) is 36.0. The maximum absolute atomic E-state index is 13.0. The number of para-hydroxylation sites is 2. The summed E-state index contributed by atoms with van der Waals surface area (Å²) in [5, 5.41) is 2.97. The summed E-state index contributed by atoms with van der Waals surface area (Å²) in [5.74, 6) is 1.08. The van der Waals surface area contributed by atoms with E-state index in [1.54, 1.807) is 6.07 Å². The van der Waals surface area contributed by atoms with Crippen LogP contribution in [0, 0.1) is 0 Å². The molecule has 2 N–H and O–H groups in total. The number of imidazole rings is 1. The number of anilines is 1. The van der Waals surface area contributed by atoms with Crippen LogP contribution in [0.2, 0.25) is 0 Å². The van der Waals surface area contributed by atoms with Gasteiger partial charge in [-0.2, -0.15) is 0 Å². The normalized spacial score (nSPS) is 13.4. The van der Waals surface area contributed by atoms with Crippen LogP contribution in [0.25, 0.3) is 22.4 Å². The van der Waals surface area contributed by atoms with E-state index in [4.69, 9.17) is 0 Å². The Bertz CT molecular complexity index is 1260. The van der Waals surface area contributed by atoms with Crippen LogP contribution < -0.4 is 5.32 Å². The van der Waals surface area contributed by atoms with Gasteiger partial charge >= 0.3 is 0 Å². The molecule has 1 fully saturated rings. The number of hydrogen-bond donors (Lipinski definition) is 2. The molecule has 0 radical (unpaired) electrons. The quantitative estimate of drug-likeness (QED) is 0.391. The molecule has 1 aliphatic heterocycles. The molecular weight excluding hydrogens is 432 g/mol. The third kappa shape index (κ3) is 4.78. The van der Waals surface area contributed by atoms with Crippen LogP contribution in [0.5, 0.6) is 0 Å². The molecule has 0 bridgehead atoms. The van der Waals surface area contributed by atoms with Gasteiger partial charge in [-0.05, 0) is 61.4 Å². The number of aromatic nitrogens is 2. The van der Waals surface area contributed by atoms with Crippen LogP contribution in [-0.2, 0) is 4.79 Å².